The average molecular weight is 936 g/mol. The molecular weight excluding hydrogens is 887 g/mol. The van der Waals surface area contributed by atoms with E-state index in [4.69, 9.17) is 0 Å². The van der Waals surface area contributed by atoms with Crippen molar-refractivity contribution >= 4 is 48.6 Å². The zero-order valence-electron chi connectivity index (χ0n) is 40.2. The van der Waals surface area contributed by atoms with E-state index in [2.05, 4.69) is 280 Å². The van der Waals surface area contributed by atoms with Crippen LogP contribution in [0, 0.1) is 0 Å². The molecule has 0 amide bonds. The highest BCUT2D eigenvalue weighted by atomic mass is 32.1. The van der Waals surface area contributed by atoms with Gasteiger partial charge in [-0.1, -0.05) is 232 Å². The summed E-state index contributed by atoms with van der Waals surface area (Å²) < 4.78 is 2.64. The molecule has 0 fully saturated rings. The molecule has 72 heavy (non-hydrogen) atoms. The predicted molar refractivity (Wildman–Crippen MR) is 305 cm³/mol. The third-order valence-electron chi connectivity index (χ3n) is 15.8. The highest BCUT2D eigenvalue weighted by Gasteiger charge is 2.47. The van der Waals surface area contributed by atoms with Crippen molar-refractivity contribution in [1.82, 2.24) is 0 Å². The fraction of sp³-hybridized carbons (Fsp3) is 0.0571. The smallest absolute Gasteiger partial charge is 0.0714 e. The maximum Gasteiger partial charge on any atom is 0.0714 e. The molecule has 2 aliphatic carbocycles. The van der Waals surface area contributed by atoms with Crippen LogP contribution in [0.15, 0.2) is 261 Å². The number of anilines is 3. The topological polar surface area (TPSA) is 3.24 Å². The van der Waals surface area contributed by atoms with Crippen molar-refractivity contribution in [2.75, 3.05) is 4.90 Å². The number of hydrogen-bond acceptors (Lipinski definition) is 2. The summed E-state index contributed by atoms with van der Waals surface area (Å²) >= 11 is 1.89. The van der Waals surface area contributed by atoms with Gasteiger partial charge in [-0.05, 0) is 126 Å². The Morgan fingerprint density at radius 3 is 1.57 bits per heavy atom. The highest BCUT2D eigenvalue weighted by molar-refractivity contribution is 7.26. The van der Waals surface area contributed by atoms with Crippen molar-refractivity contribution in [1.29, 1.82) is 0 Å². The third-order valence-corrected chi connectivity index (χ3v) is 17.0. The third kappa shape index (κ3) is 6.39. The molecule has 1 nitrogen and oxygen atoms in total. The fourth-order valence-electron chi connectivity index (χ4n) is 12.4. The largest absolute Gasteiger partial charge is 0.310 e. The lowest BCUT2D eigenvalue weighted by Gasteiger charge is -2.35. The summed E-state index contributed by atoms with van der Waals surface area (Å²) in [5, 5.41) is 2.63. The Kier molecular flexibility index (Phi) is 9.71. The lowest BCUT2D eigenvalue weighted by molar-refractivity contribution is 0.660. The molecule has 0 radical (unpaired) electrons. The van der Waals surface area contributed by atoms with E-state index in [1.165, 1.54) is 109 Å². The first-order chi connectivity index (χ1) is 35.5. The number of benzene rings is 11. The maximum absolute atomic E-state index is 2.52. The van der Waals surface area contributed by atoms with Crippen molar-refractivity contribution in [3.8, 4) is 55.6 Å². The molecule has 0 bridgehead atoms. The molecule has 340 valence electrons. The molecule has 1 atom stereocenters. The predicted octanol–water partition coefficient (Wildman–Crippen LogP) is 19.2. The van der Waals surface area contributed by atoms with Crippen LogP contribution in [0.25, 0.3) is 75.8 Å². The molecule has 0 spiro atoms. The number of hydrogen-bond donors (Lipinski definition) is 0. The standard InChI is InChI=1S/C70H49NS/c1-69(2)62-30-15-12-26-56(62)57-41-38-52(44-63(57)69)71(66-31-16-13-25-54(66)47-21-8-4-9-22-47)53-39-42-59-58-40-35-49(46-19-6-3-7-20-46)43-64(58)70(65(59)45-53,50-23-10-5-11-24-50)51-36-33-48(34-37-51)55-28-18-29-61-60-27-14-17-32-67(60)72-68(55)61/h3-45H,1-2H3. The average Bonchev–Trinajstić information content (AvgIpc) is 4.05. The van der Waals surface area contributed by atoms with E-state index in [0.29, 0.717) is 0 Å². The van der Waals surface area contributed by atoms with E-state index in [1.54, 1.807) is 0 Å². The van der Waals surface area contributed by atoms with E-state index in [-0.39, 0.29) is 5.41 Å². The minimum absolute atomic E-state index is 0.167. The first kappa shape index (κ1) is 42.3. The molecule has 1 unspecified atom stereocenters. The Morgan fingerprint density at radius 2 is 0.819 bits per heavy atom. The minimum Gasteiger partial charge on any atom is -0.310 e. The summed E-state index contributed by atoms with van der Waals surface area (Å²) in [4.78, 5) is 2.52. The van der Waals surface area contributed by atoms with Crippen LogP contribution in [0.2, 0.25) is 0 Å². The Morgan fingerprint density at radius 1 is 0.319 bits per heavy atom. The summed E-state index contributed by atoms with van der Waals surface area (Å²) in [6.45, 7) is 4.75. The van der Waals surface area contributed by atoms with Crippen LogP contribution in [0.4, 0.5) is 17.1 Å². The molecular formula is C70H49NS. The van der Waals surface area contributed by atoms with Crippen LogP contribution < -0.4 is 4.90 Å². The van der Waals surface area contributed by atoms with Crippen molar-refractivity contribution < 1.29 is 0 Å². The van der Waals surface area contributed by atoms with Gasteiger partial charge in [0, 0.05) is 42.5 Å². The first-order valence-corrected chi connectivity index (χ1v) is 25.9. The molecule has 14 rings (SSSR count). The van der Waals surface area contributed by atoms with Crippen LogP contribution in [0.3, 0.4) is 0 Å². The van der Waals surface area contributed by atoms with E-state index >= 15 is 0 Å². The van der Waals surface area contributed by atoms with Gasteiger partial charge in [-0.25, -0.2) is 0 Å². The van der Waals surface area contributed by atoms with E-state index in [1.807, 2.05) is 11.3 Å². The van der Waals surface area contributed by atoms with Crippen molar-refractivity contribution in [3.63, 3.8) is 0 Å². The molecule has 11 aromatic carbocycles. The summed E-state index contributed by atoms with van der Waals surface area (Å²) in [6.07, 6.45) is 0. The second-order valence-electron chi connectivity index (χ2n) is 19.9. The Hall–Kier alpha value is -8.56. The van der Waals surface area contributed by atoms with Gasteiger partial charge in [0.1, 0.15) is 0 Å². The van der Waals surface area contributed by atoms with Crippen molar-refractivity contribution in [2.24, 2.45) is 0 Å². The van der Waals surface area contributed by atoms with Crippen molar-refractivity contribution in [2.45, 2.75) is 24.7 Å². The molecule has 0 N–H and O–H groups in total. The van der Waals surface area contributed by atoms with Crippen LogP contribution in [-0.2, 0) is 10.8 Å². The molecule has 2 heteroatoms. The zero-order valence-corrected chi connectivity index (χ0v) is 41.0. The normalized spacial score (nSPS) is 15.0. The van der Waals surface area contributed by atoms with Gasteiger partial charge in [0.2, 0.25) is 0 Å². The highest BCUT2D eigenvalue weighted by Crippen LogP contribution is 2.59. The molecule has 0 saturated heterocycles. The second kappa shape index (κ2) is 16.5. The first-order valence-electron chi connectivity index (χ1n) is 25.1. The monoisotopic (exact) mass is 935 g/mol. The van der Waals surface area contributed by atoms with E-state index in [9.17, 15) is 0 Å². The van der Waals surface area contributed by atoms with Crippen LogP contribution in [-0.4, -0.2) is 0 Å². The SMILES string of the molecule is CC1(C)c2ccccc2-c2ccc(N(c3ccc4c(c3)C(c3ccccc3)(c3ccc(-c5cccc6c5sc5ccccc56)cc3)c3cc(-c5ccccc5)ccc3-4)c3ccccc3-c3ccccc3)cc21. The van der Waals surface area contributed by atoms with Crippen LogP contribution in [0.1, 0.15) is 47.2 Å². The molecule has 1 aromatic heterocycles. The maximum atomic E-state index is 2.52. The van der Waals surface area contributed by atoms with Gasteiger partial charge >= 0.3 is 0 Å². The minimum atomic E-state index is -0.666. The summed E-state index contributed by atoms with van der Waals surface area (Å²) in [7, 11) is 0. The molecule has 0 saturated carbocycles. The number of fused-ring (bicyclic) bond motifs is 9. The summed E-state index contributed by atoms with van der Waals surface area (Å²) in [6, 6.07) is 97.6. The number of nitrogens with zero attached hydrogens (tertiary/aromatic N) is 1. The van der Waals surface area contributed by atoms with E-state index < -0.39 is 5.41 Å². The Bertz CT molecular complexity index is 4050. The molecule has 0 aliphatic heterocycles. The molecule has 1 heterocycles. The van der Waals surface area contributed by atoms with Crippen LogP contribution >= 0.6 is 11.3 Å². The summed E-state index contributed by atoms with van der Waals surface area (Å²) in [5.74, 6) is 0. The summed E-state index contributed by atoms with van der Waals surface area (Å²) in [5.41, 5.74) is 22.7. The second-order valence-corrected chi connectivity index (χ2v) is 21.0. The van der Waals surface area contributed by atoms with E-state index in [0.717, 1.165) is 17.1 Å². The lowest BCUT2D eigenvalue weighted by Crippen LogP contribution is -2.29. The number of rotatable bonds is 8. The van der Waals surface area contributed by atoms with Gasteiger partial charge in [-0.2, -0.15) is 0 Å². The van der Waals surface area contributed by atoms with Gasteiger partial charge in [0.15, 0.2) is 0 Å². The fourth-order valence-corrected chi connectivity index (χ4v) is 13.6. The molecule has 2 aliphatic rings. The number of thiophene rings is 1. The molecule has 12 aromatic rings. The van der Waals surface area contributed by atoms with Crippen LogP contribution in [0.5, 0.6) is 0 Å². The quantitative estimate of drug-likeness (QED) is 0.147. The van der Waals surface area contributed by atoms with Gasteiger partial charge in [-0.15, -0.1) is 11.3 Å². The Balaban J connectivity index is 1.02. The van der Waals surface area contributed by atoms with Gasteiger partial charge < -0.3 is 4.90 Å². The van der Waals surface area contributed by atoms with Gasteiger partial charge in [0.25, 0.3) is 0 Å². The van der Waals surface area contributed by atoms with Crippen molar-refractivity contribution in [3.05, 3.63) is 294 Å². The van der Waals surface area contributed by atoms with Gasteiger partial charge in [-0.3, -0.25) is 0 Å². The van der Waals surface area contributed by atoms with Gasteiger partial charge in [0.05, 0.1) is 11.1 Å². The lowest BCUT2D eigenvalue weighted by atomic mass is 9.67. The number of para-hydroxylation sites is 1. The zero-order chi connectivity index (χ0) is 48.0. The Labute approximate surface area is 425 Å².